The molecule has 0 unspecified atom stereocenters. The molecule has 0 atom stereocenters. The highest BCUT2D eigenvalue weighted by Crippen LogP contribution is 2.30. The van der Waals surface area contributed by atoms with Gasteiger partial charge in [-0.3, -0.25) is 4.79 Å². The number of carboxylic acid groups (broad SMARTS) is 1. The minimum atomic E-state index is -0.850. The van der Waals surface area contributed by atoms with Gasteiger partial charge < -0.3 is 9.84 Å². The molecule has 0 saturated heterocycles. The van der Waals surface area contributed by atoms with Gasteiger partial charge in [-0.2, -0.15) is 0 Å². The molecule has 1 N–H and O–H groups in total. The molecule has 98 valence electrons. The summed E-state index contributed by atoms with van der Waals surface area (Å²) in [5, 5.41) is 9.08. The third-order valence-electron chi connectivity index (χ3n) is 3.52. The summed E-state index contributed by atoms with van der Waals surface area (Å²) in [6.45, 7) is 3.58. The molecule has 3 nitrogen and oxygen atoms in total. The number of aryl methyl sites for hydroxylation is 1. The lowest BCUT2D eigenvalue weighted by Gasteiger charge is -2.23. The lowest BCUT2D eigenvalue weighted by molar-refractivity contribution is -0.148. The van der Waals surface area contributed by atoms with Crippen LogP contribution in [0.15, 0.2) is 18.2 Å². The maximum Gasteiger partial charge on any atom is 0.312 e. The fourth-order valence-corrected chi connectivity index (χ4v) is 2.20. The number of aliphatic carboxylic acids is 1. The van der Waals surface area contributed by atoms with Gasteiger partial charge in [0.1, 0.15) is 12.4 Å². The number of benzene rings is 1. The van der Waals surface area contributed by atoms with E-state index in [-0.39, 0.29) is 6.61 Å². The van der Waals surface area contributed by atoms with Crippen LogP contribution in [0.1, 0.15) is 37.8 Å². The normalized spacial score (nSPS) is 15.0. The van der Waals surface area contributed by atoms with Gasteiger partial charge in [-0.05, 0) is 56.7 Å². The number of hydrogen-bond acceptors (Lipinski definition) is 2. The molecule has 0 fully saturated rings. The molecule has 0 aliphatic heterocycles. The molecule has 2 rings (SSSR count). The maximum atomic E-state index is 11.1. The van der Waals surface area contributed by atoms with Crippen molar-refractivity contribution in [3.63, 3.8) is 0 Å². The second kappa shape index (κ2) is 5.01. The Labute approximate surface area is 108 Å². The summed E-state index contributed by atoms with van der Waals surface area (Å²) < 4.78 is 5.75. The van der Waals surface area contributed by atoms with E-state index in [9.17, 15) is 4.79 Å². The molecular weight excluding hydrogens is 228 g/mol. The summed E-state index contributed by atoms with van der Waals surface area (Å²) in [7, 11) is 0. The fourth-order valence-electron chi connectivity index (χ4n) is 2.20. The van der Waals surface area contributed by atoms with Crippen LogP contribution in [-0.2, 0) is 17.6 Å². The van der Waals surface area contributed by atoms with E-state index in [1.807, 2.05) is 12.1 Å². The van der Waals surface area contributed by atoms with Gasteiger partial charge in [0, 0.05) is 0 Å². The van der Waals surface area contributed by atoms with E-state index >= 15 is 0 Å². The second-order valence-corrected chi connectivity index (χ2v) is 5.58. The van der Waals surface area contributed by atoms with Crippen molar-refractivity contribution in [2.75, 3.05) is 6.61 Å². The van der Waals surface area contributed by atoms with Crippen LogP contribution in [0.25, 0.3) is 0 Å². The Morgan fingerprint density at radius 2 is 2.06 bits per heavy atom. The van der Waals surface area contributed by atoms with Gasteiger partial charge in [-0.1, -0.05) is 12.1 Å². The maximum absolute atomic E-state index is 11.1. The molecule has 0 saturated carbocycles. The van der Waals surface area contributed by atoms with E-state index in [0.717, 1.165) is 18.6 Å². The standard InChI is InChI=1S/C15H20O3/c1-15(2,14(16)17)10-18-13-9-5-7-11-6-3-4-8-12(11)13/h5,7,9H,3-4,6,8,10H2,1-2H3,(H,16,17). The average Bonchev–Trinajstić information content (AvgIpc) is 2.36. The number of hydrogen-bond donors (Lipinski definition) is 1. The highest BCUT2D eigenvalue weighted by Gasteiger charge is 2.28. The third kappa shape index (κ3) is 2.66. The van der Waals surface area contributed by atoms with Crippen molar-refractivity contribution < 1.29 is 14.6 Å². The van der Waals surface area contributed by atoms with Crippen molar-refractivity contribution in [2.24, 2.45) is 5.41 Å². The Bertz CT molecular complexity index is 449. The Hall–Kier alpha value is -1.51. The Kier molecular flexibility index (Phi) is 3.60. The first-order valence-corrected chi connectivity index (χ1v) is 6.48. The van der Waals surface area contributed by atoms with Crippen molar-refractivity contribution in [1.82, 2.24) is 0 Å². The third-order valence-corrected chi connectivity index (χ3v) is 3.52. The summed E-state index contributed by atoms with van der Waals surface area (Å²) in [6.07, 6.45) is 4.57. The first kappa shape index (κ1) is 12.9. The van der Waals surface area contributed by atoms with E-state index in [1.165, 1.54) is 24.0 Å². The van der Waals surface area contributed by atoms with Crippen LogP contribution in [0.5, 0.6) is 5.75 Å². The monoisotopic (exact) mass is 248 g/mol. The minimum Gasteiger partial charge on any atom is -0.492 e. The zero-order valence-corrected chi connectivity index (χ0v) is 11.0. The fraction of sp³-hybridized carbons (Fsp3) is 0.533. The SMILES string of the molecule is CC(C)(COc1cccc2c1CCCC2)C(=O)O. The van der Waals surface area contributed by atoms with E-state index in [1.54, 1.807) is 13.8 Å². The number of rotatable bonds is 4. The van der Waals surface area contributed by atoms with Gasteiger partial charge in [0.2, 0.25) is 0 Å². The Morgan fingerprint density at radius 1 is 1.33 bits per heavy atom. The summed E-state index contributed by atoms with van der Waals surface area (Å²) in [5.74, 6) is 0.0359. The highest BCUT2D eigenvalue weighted by molar-refractivity contribution is 5.73. The van der Waals surface area contributed by atoms with E-state index in [2.05, 4.69) is 6.07 Å². The summed E-state index contributed by atoms with van der Waals surface area (Å²) in [5.41, 5.74) is 1.77. The first-order chi connectivity index (χ1) is 8.50. The Morgan fingerprint density at radius 3 is 2.78 bits per heavy atom. The molecular formula is C15H20O3. The molecule has 0 heterocycles. The average molecular weight is 248 g/mol. The molecule has 0 spiro atoms. The van der Waals surface area contributed by atoms with Crippen LogP contribution in [0, 0.1) is 5.41 Å². The van der Waals surface area contributed by atoms with Crippen molar-refractivity contribution in [2.45, 2.75) is 39.5 Å². The van der Waals surface area contributed by atoms with Crippen LogP contribution in [0.3, 0.4) is 0 Å². The van der Waals surface area contributed by atoms with Crippen LogP contribution in [0.4, 0.5) is 0 Å². The first-order valence-electron chi connectivity index (χ1n) is 6.48. The van der Waals surface area contributed by atoms with Gasteiger partial charge >= 0.3 is 5.97 Å². The van der Waals surface area contributed by atoms with Gasteiger partial charge in [-0.25, -0.2) is 0 Å². The van der Waals surface area contributed by atoms with Crippen LogP contribution in [0.2, 0.25) is 0 Å². The van der Waals surface area contributed by atoms with Crippen molar-refractivity contribution >= 4 is 5.97 Å². The molecule has 1 aliphatic rings. The van der Waals surface area contributed by atoms with Gasteiger partial charge in [0.15, 0.2) is 0 Å². The van der Waals surface area contributed by atoms with Crippen LogP contribution < -0.4 is 4.74 Å². The molecule has 0 radical (unpaired) electrons. The Balaban J connectivity index is 2.13. The van der Waals surface area contributed by atoms with Gasteiger partial charge in [0.25, 0.3) is 0 Å². The summed E-state index contributed by atoms with van der Waals surface area (Å²) in [4.78, 5) is 11.1. The molecule has 1 aromatic rings. The summed E-state index contributed by atoms with van der Waals surface area (Å²) >= 11 is 0. The highest BCUT2D eigenvalue weighted by atomic mass is 16.5. The lowest BCUT2D eigenvalue weighted by atomic mass is 9.91. The van der Waals surface area contributed by atoms with Crippen molar-refractivity contribution in [3.05, 3.63) is 29.3 Å². The van der Waals surface area contributed by atoms with Gasteiger partial charge in [0.05, 0.1) is 5.41 Å². The molecule has 0 bridgehead atoms. The minimum absolute atomic E-state index is 0.207. The van der Waals surface area contributed by atoms with Crippen LogP contribution >= 0.6 is 0 Å². The van der Waals surface area contributed by atoms with E-state index < -0.39 is 11.4 Å². The van der Waals surface area contributed by atoms with E-state index in [0.29, 0.717) is 0 Å². The number of fused-ring (bicyclic) bond motifs is 1. The summed E-state index contributed by atoms with van der Waals surface area (Å²) in [6, 6.07) is 6.08. The molecule has 0 amide bonds. The number of carboxylic acids is 1. The van der Waals surface area contributed by atoms with Crippen LogP contribution in [-0.4, -0.2) is 17.7 Å². The van der Waals surface area contributed by atoms with Gasteiger partial charge in [-0.15, -0.1) is 0 Å². The lowest BCUT2D eigenvalue weighted by Crippen LogP contribution is -2.31. The molecule has 18 heavy (non-hydrogen) atoms. The second-order valence-electron chi connectivity index (χ2n) is 5.58. The van der Waals surface area contributed by atoms with Crippen molar-refractivity contribution in [3.8, 4) is 5.75 Å². The van der Waals surface area contributed by atoms with Crippen molar-refractivity contribution in [1.29, 1.82) is 0 Å². The smallest absolute Gasteiger partial charge is 0.312 e. The molecule has 1 aliphatic carbocycles. The zero-order valence-electron chi connectivity index (χ0n) is 11.0. The quantitative estimate of drug-likeness (QED) is 0.890. The molecule has 0 aromatic heterocycles. The number of carbonyl (C=O) groups is 1. The molecule has 1 aromatic carbocycles. The largest absolute Gasteiger partial charge is 0.492 e. The predicted octanol–water partition coefficient (Wildman–Crippen LogP) is 3.06. The topological polar surface area (TPSA) is 46.5 Å². The molecule has 3 heteroatoms. The zero-order chi connectivity index (χ0) is 13.2. The number of ether oxygens (including phenoxy) is 1. The van der Waals surface area contributed by atoms with E-state index in [4.69, 9.17) is 9.84 Å². The predicted molar refractivity (Wildman–Crippen MR) is 70.0 cm³/mol.